The van der Waals surface area contributed by atoms with Crippen LogP contribution in [0.25, 0.3) is 0 Å². The summed E-state index contributed by atoms with van der Waals surface area (Å²) in [4.78, 5) is 18.4. The highest BCUT2D eigenvalue weighted by Gasteiger charge is 2.26. The van der Waals surface area contributed by atoms with Gasteiger partial charge in [-0.3, -0.25) is 15.1 Å². The highest BCUT2D eigenvalue weighted by molar-refractivity contribution is 7.14. The summed E-state index contributed by atoms with van der Waals surface area (Å²) < 4.78 is 0. The number of nitrogens with one attached hydrogen (secondary N) is 1. The van der Waals surface area contributed by atoms with E-state index < -0.39 is 0 Å². The Hall–Kier alpha value is -0.950. The molecule has 0 unspecified atom stereocenters. The predicted molar refractivity (Wildman–Crippen MR) is 80.4 cm³/mol. The Morgan fingerprint density at radius 3 is 2.60 bits per heavy atom. The van der Waals surface area contributed by atoms with Gasteiger partial charge in [0.15, 0.2) is 0 Å². The minimum Gasteiger partial charge on any atom is -0.301 e. The normalized spacial score (nSPS) is 21.1. The molecule has 1 aliphatic heterocycles. The van der Waals surface area contributed by atoms with Crippen LogP contribution in [0, 0.1) is 5.92 Å². The van der Waals surface area contributed by atoms with Gasteiger partial charge in [0.1, 0.15) is 0 Å². The molecule has 1 saturated heterocycles. The van der Waals surface area contributed by atoms with Gasteiger partial charge >= 0.3 is 0 Å². The fraction of sp³-hybridized carbons (Fsp3) is 0.643. The Morgan fingerprint density at radius 1 is 1.25 bits per heavy atom. The maximum atomic E-state index is 11.4. The van der Waals surface area contributed by atoms with Crippen LogP contribution < -0.4 is 11.3 Å². The molecule has 1 saturated carbocycles. The summed E-state index contributed by atoms with van der Waals surface area (Å²) in [7, 11) is 0. The molecule has 110 valence electrons. The predicted octanol–water partition coefficient (Wildman–Crippen LogP) is 0.879. The van der Waals surface area contributed by atoms with E-state index in [2.05, 4.69) is 15.2 Å². The molecular formula is C14H22N4OS. The van der Waals surface area contributed by atoms with E-state index in [0.717, 1.165) is 25.6 Å². The van der Waals surface area contributed by atoms with Gasteiger partial charge in [-0.25, -0.2) is 5.84 Å². The van der Waals surface area contributed by atoms with Crippen molar-refractivity contribution in [1.29, 1.82) is 0 Å². The molecule has 3 rings (SSSR count). The monoisotopic (exact) mass is 294 g/mol. The largest absolute Gasteiger partial charge is 0.301 e. The van der Waals surface area contributed by atoms with Gasteiger partial charge in [0, 0.05) is 44.1 Å². The number of nitrogen functional groups attached to an aromatic ring is 1. The molecule has 0 spiro atoms. The first-order valence-corrected chi connectivity index (χ1v) is 8.10. The number of hydrazine groups is 1. The van der Waals surface area contributed by atoms with Crippen LogP contribution in [-0.4, -0.2) is 48.4 Å². The molecule has 6 heteroatoms. The Kier molecular flexibility index (Phi) is 4.35. The number of carbonyl (C=O) groups excluding carboxylic acids is 1. The van der Waals surface area contributed by atoms with Crippen molar-refractivity contribution in [2.45, 2.75) is 19.4 Å². The summed E-state index contributed by atoms with van der Waals surface area (Å²) in [5.41, 5.74) is 2.18. The summed E-state index contributed by atoms with van der Waals surface area (Å²) >= 11 is 1.53. The number of rotatable bonds is 5. The van der Waals surface area contributed by atoms with Crippen LogP contribution in [0.5, 0.6) is 0 Å². The molecule has 1 aliphatic carbocycles. The van der Waals surface area contributed by atoms with E-state index in [1.807, 2.05) is 12.1 Å². The average Bonchev–Trinajstić information content (AvgIpc) is 3.16. The van der Waals surface area contributed by atoms with Crippen molar-refractivity contribution in [3.63, 3.8) is 0 Å². The van der Waals surface area contributed by atoms with Crippen molar-refractivity contribution < 1.29 is 4.79 Å². The summed E-state index contributed by atoms with van der Waals surface area (Å²) in [6, 6.07) is 3.89. The van der Waals surface area contributed by atoms with Crippen molar-refractivity contribution in [2.24, 2.45) is 11.8 Å². The maximum absolute atomic E-state index is 11.4. The zero-order chi connectivity index (χ0) is 13.9. The van der Waals surface area contributed by atoms with Crippen LogP contribution in [0.3, 0.4) is 0 Å². The van der Waals surface area contributed by atoms with Crippen molar-refractivity contribution in [2.75, 3.05) is 32.7 Å². The van der Waals surface area contributed by atoms with Crippen molar-refractivity contribution in [3.05, 3.63) is 21.9 Å². The summed E-state index contributed by atoms with van der Waals surface area (Å²) in [6.45, 7) is 6.86. The molecule has 0 aromatic carbocycles. The van der Waals surface area contributed by atoms with E-state index in [-0.39, 0.29) is 5.91 Å². The molecule has 20 heavy (non-hydrogen) atoms. The number of nitrogens with two attached hydrogens (primary N) is 1. The third-order valence-electron chi connectivity index (χ3n) is 4.07. The third-order valence-corrected chi connectivity index (χ3v) is 5.14. The first-order valence-electron chi connectivity index (χ1n) is 7.29. The van der Waals surface area contributed by atoms with E-state index in [4.69, 9.17) is 5.84 Å². The SMILES string of the molecule is NNC(=O)c1ccc(CN2CCN(CC3CC3)CC2)s1. The Balaban J connectivity index is 1.46. The average molecular weight is 294 g/mol. The summed E-state index contributed by atoms with van der Waals surface area (Å²) in [5.74, 6) is 5.93. The zero-order valence-electron chi connectivity index (χ0n) is 11.7. The zero-order valence-corrected chi connectivity index (χ0v) is 12.5. The summed E-state index contributed by atoms with van der Waals surface area (Å²) in [5, 5.41) is 0. The number of amides is 1. The van der Waals surface area contributed by atoms with Crippen LogP contribution in [0.4, 0.5) is 0 Å². The lowest BCUT2D eigenvalue weighted by molar-refractivity contribution is 0.0957. The van der Waals surface area contributed by atoms with Crippen LogP contribution in [0.1, 0.15) is 27.4 Å². The lowest BCUT2D eigenvalue weighted by Crippen LogP contribution is -2.46. The van der Waals surface area contributed by atoms with Gasteiger partial charge in [-0.05, 0) is 30.9 Å². The molecule has 3 N–H and O–H groups in total. The standard InChI is InChI=1S/C14H22N4OS/c15-16-14(19)13-4-3-12(20-13)10-18-7-5-17(6-8-18)9-11-1-2-11/h3-4,11H,1-2,5-10,15H2,(H,16,19). The van der Waals surface area contributed by atoms with E-state index in [9.17, 15) is 4.79 Å². The second kappa shape index (κ2) is 6.22. The molecule has 0 atom stereocenters. The second-order valence-electron chi connectivity index (χ2n) is 5.76. The molecule has 0 radical (unpaired) electrons. The van der Waals surface area contributed by atoms with Crippen molar-refractivity contribution in [3.8, 4) is 0 Å². The van der Waals surface area contributed by atoms with E-state index >= 15 is 0 Å². The highest BCUT2D eigenvalue weighted by atomic mass is 32.1. The molecule has 0 bridgehead atoms. The van der Waals surface area contributed by atoms with Crippen molar-refractivity contribution in [1.82, 2.24) is 15.2 Å². The van der Waals surface area contributed by atoms with Crippen LogP contribution >= 0.6 is 11.3 Å². The molecule has 2 heterocycles. The number of thiophene rings is 1. The topological polar surface area (TPSA) is 61.6 Å². The van der Waals surface area contributed by atoms with Crippen molar-refractivity contribution >= 4 is 17.2 Å². The third kappa shape index (κ3) is 3.58. The molecule has 2 fully saturated rings. The number of piperazine rings is 1. The maximum Gasteiger partial charge on any atom is 0.275 e. The second-order valence-corrected chi connectivity index (χ2v) is 6.93. The van der Waals surface area contributed by atoms with E-state index in [0.29, 0.717) is 4.88 Å². The van der Waals surface area contributed by atoms with Crippen LogP contribution in [-0.2, 0) is 6.54 Å². The van der Waals surface area contributed by atoms with Gasteiger partial charge in [0.05, 0.1) is 4.88 Å². The van der Waals surface area contributed by atoms with Gasteiger partial charge in [0.2, 0.25) is 0 Å². The fourth-order valence-electron chi connectivity index (χ4n) is 2.67. The molecule has 1 aromatic heterocycles. The van der Waals surface area contributed by atoms with Crippen LogP contribution in [0.15, 0.2) is 12.1 Å². The Labute approximate surface area is 123 Å². The number of hydrogen-bond donors (Lipinski definition) is 2. The van der Waals surface area contributed by atoms with Gasteiger partial charge in [-0.2, -0.15) is 0 Å². The minimum atomic E-state index is -0.199. The van der Waals surface area contributed by atoms with Gasteiger partial charge < -0.3 is 4.90 Å². The quantitative estimate of drug-likeness (QED) is 0.481. The summed E-state index contributed by atoms with van der Waals surface area (Å²) in [6.07, 6.45) is 2.86. The van der Waals surface area contributed by atoms with Gasteiger partial charge in [0.25, 0.3) is 5.91 Å². The molecule has 2 aliphatic rings. The highest BCUT2D eigenvalue weighted by Crippen LogP contribution is 2.30. The van der Waals surface area contributed by atoms with E-state index in [1.165, 1.54) is 48.7 Å². The minimum absolute atomic E-state index is 0.199. The Morgan fingerprint density at radius 2 is 1.95 bits per heavy atom. The first kappa shape index (κ1) is 14.0. The van der Waals surface area contributed by atoms with Gasteiger partial charge in [-0.15, -0.1) is 11.3 Å². The molecule has 5 nitrogen and oxygen atoms in total. The molecule has 1 aromatic rings. The molecule has 1 amide bonds. The van der Waals surface area contributed by atoms with Crippen LogP contribution in [0.2, 0.25) is 0 Å². The first-order chi connectivity index (χ1) is 9.74. The number of hydrogen-bond acceptors (Lipinski definition) is 5. The van der Waals surface area contributed by atoms with Gasteiger partial charge in [-0.1, -0.05) is 0 Å². The number of carbonyl (C=O) groups is 1. The Bertz CT molecular complexity index is 463. The lowest BCUT2D eigenvalue weighted by atomic mass is 10.2. The lowest BCUT2D eigenvalue weighted by Gasteiger charge is -2.34. The fourth-order valence-corrected chi connectivity index (χ4v) is 3.63. The molecular weight excluding hydrogens is 272 g/mol. The van der Waals surface area contributed by atoms with E-state index in [1.54, 1.807) is 0 Å². The smallest absolute Gasteiger partial charge is 0.275 e. The number of nitrogens with zero attached hydrogens (tertiary/aromatic N) is 2.